The van der Waals surface area contributed by atoms with Crippen molar-refractivity contribution in [3.63, 3.8) is 0 Å². The Kier molecular flexibility index (Phi) is 7.14. The normalized spacial score (nSPS) is 10.3. The molecule has 0 radical (unpaired) electrons. The number of hydrogen-bond donors (Lipinski definition) is 2. The van der Waals surface area contributed by atoms with Crippen LogP contribution in [-0.2, 0) is 4.79 Å². The fraction of sp³-hybridized carbons (Fsp3) is 0.350. The van der Waals surface area contributed by atoms with Crippen molar-refractivity contribution >= 4 is 23.0 Å². The summed E-state index contributed by atoms with van der Waals surface area (Å²) in [6, 6.07) is 15.3. The van der Waals surface area contributed by atoms with Crippen molar-refractivity contribution in [1.82, 2.24) is 0 Å². The van der Waals surface area contributed by atoms with Crippen LogP contribution in [0, 0.1) is 0 Å². The van der Waals surface area contributed by atoms with E-state index in [1.54, 1.807) is 6.07 Å². The van der Waals surface area contributed by atoms with E-state index >= 15 is 0 Å². The van der Waals surface area contributed by atoms with Gasteiger partial charge < -0.3 is 20.7 Å². The van der Waals surface area contributed by atoms with Crippen LogP contribution in [-0.4, -0.2) is 25.6 Å². The van der Waals surface area contributed by atoms with Gasteiger partial charge in [-0.3, -0.25) is 4.79 Å². The number of ether oxygens (including phenoxy) is 1. The fourth-order valence-corrected chi connectivity index (χ4v) is 2.59. The molecule has 0 aliphatic heterocycles. The number of benzene rings is 2. The van der Waals surface area contributed by atoms with Crippen LogP contribution in [0.2, 0.25) is 0 Å². The molecule has 25 heavy (non-hydrogen) atoms. The Bertz CT molecular complexity index is 667. The number of carbonyl (C=O) groups is 1. The second-order valence-corrected chi connectivity index (χ2v) is 5.76. The smallest absolute Gasteiger partial charge is 0.224 e. The number of para-hydroxylation sites is 2. The summed E-state index contributed by atoms with van der Waals surface area (Å²) in [7, 11) is 0. The molecule has 134 valence electrons. The fourth-order valence-electron chi connectivity index (χ4n) is 2.59. The highest BCUT2D eigenvalue weighted by molar-refractivity contribution is 5.90. The molecule has 0 bridgehead atoms. The molecule has 0 saturated carbocycles. The molecular weight excluding hydrogens is 314 g/mol. The van der Waals surface area contributed by atoms with Crippen molar-refractivity contribution in [2.45, 2.75) is 26.7 Å². The Hall–Kier alpha value is -2.69. The lowest BCUT2D eigenvalue weighted by molar-refractivity contribution is -0.116. The first kappa shape index (κ1) is 18.6. The average molecular weight is 341 g/mol. The van der Waals surface area contributed by atoms with Gasteiger partial charge in [0, 0.05) is 30.9 Å². The molecule has 2 aromatic rings. The van der Waals surface area contributed by atoms with Gasteiger partial charge >= 0.3 is 0 Å². The Morgan fingerprint density at radius 3 is 2.40 bits per heavy atom. The zero-order valence-electron chi connectivity index (χ0n) is 15.0. The molecule has 1 amide bonds. The van der Waals surface area contributed by atoms with Crippen LogP contribution >= 0.6 is 0 Å². The van der Waals surface area contributed by atoms with Gasteiger partial charge in [0.05, 0.1) is 12.3 Å². The highest BCUT2D eigenvalue weighted by Crippen LogP contribution is 2.20. The summed E-state index contributed by atoms with van der Waals surface area (Å²) in [5.74, 6) is 0.648. The molecule has 0 aromatic heterocycles. The lowest BCUT2D eigenvalue weighted by atomic mass is 10.2. The highest BCUT2D eigenvalue weighted by Gasteiger charge is 2.05. The molecule has 0 spiro atoms. The Morgan fingerprint density at radius 1 is 1.08 bits per heavy atom. The van der Waals surface area contributed by atoms with E-state index in [2.05, 4.69) is 24.1 Å². The van der Waals surface area contributed by atoms with E-state index in [0.717, 1.165) is 24.5 Å². The molecule has 0 heterocycles. The highest BCUT2D eigenvalue weighted by atomic mass is 16.5. The first-order chi connectivity index (χ1) is 12.1. The molecule has 2 rings (SSSR count). The maximum atomic E-state index is 12.0. The van der Waals surface area contributed by atoms with Crippen molar-refractivity contribution in [2.24, 2.45) is 0 Å². The number of nitrogens with zero attached hydrogens (tertiary/aromatic N) is 1. The van der Waals surface area contributed by atoms with E-state index < -0.39 is 0 Å². The molecule has 5 nitrogen and oxygen atoms in total. The number of nitrogens with two attached hydrogens (primary N) is 1. The number of amides is 1. The summed E-state index contributed by atoms with van der Waals surface area (Å²) in [6.45, 7) is 6.65. The van der Waals surface area contributed by atoms with Crippen LogP contribution in [0.25, 0.3) is 0 Å². The van der Waals surface area contributed by atoms with E-state index in [0.29, 0.717) is 30.9 Å². The monoisotopic (exact) mass is 341 g/mol. The molecule has 5 heteroatoms. The van der Waals surface area contributed by atoms with E-state index in [1.165, 1.54) is 0 Å². The third-order valence-electron chi connectivity index (χ3n) is 4.00. The van der Waals surface area contributed by atoms with E-state index in [-0.39, 0.29) is 5.91 Å². The predicted octanol–water partition coefficient (Wildman–Crippen LogP) is 3.91. The summed E-state index contributed by atoms with van der Waals surface area (Å²) >= 11 is 0. The maximum absolute atomic E-state index is 12.0. The van der Waals surface area contributed by atoms with Crippen LogP contribution in [0.4, 0.5) is 17.1 Å². The molecule has 0 fully saturated rings. The van der Waals surface area contributed by atoms with Crippen LogP contribution in [0.3, 0.4) is 0 Å². The number of hydrogen-bond acceptors (Lipinski definition) is 4. The molecule has 2 aromatic carbocycles. The van der Waals surface area contributed by atoms with Crippen molar-refractivity contribution < 1.29 is 9.53 Å². The lowest BCUT2D eigenvalue weighted by Crippen LogP contribution is -2.21. The molecular formula is C20H27N3O2. The molecule has 0 atom stereocenters. The van der Waals surface area contributed by atoms with Gasteiger partial charge in [0.25, 0.3) is 0 Å². The number of rotatable bonds is 9. The minimum Gasteiger partial charge on any atom is -0.491 e. The minimum absolute atomic E-state index is 0.0137. The lowest BCUT2D eigenvalue weighted by Gasteiger charge is -2.21. The summed E-state index contributed by atoms with van der Waals surface area (Å²) in [4.78, 5) is 14.3. The SMILES string of the molecule is CCN(CC)c1ccc(NC(=O)CCCOc2ccccc2N)cc1. The molecule has 0 saturated heterocycles. The van der Waals surface area contributed by atoms with Crippen molar-refractivity contribution in [3.05, 3.63) is 48.5 Å². The van der Waals surface area contributed by atoms with Crippen molar-refractivity contribution in [3.8, 4) is 5.75 Å². The molecule has 0 aliphatic rings. The summed E-state index contributed by atoms with van der Waals surface area (Å²) in [5, 5.41) is 2.92. The number of carbonyl (C=O) groups excluding carboxylic acids is 1. The number of anilines is 3. The van der Waals surface area contributed by atoms with Crippen LogP contribution in [0.5, 0.6) is 5.75 Å². The zero-order chi connectivity index (χ0) is 18.1. The van der Waals surface area contributed by atoms with Crippen LogP contribution in [0.1, 0.15) is 26.7 Å². The molecule has 3 N–H and O–H groups in total. The van der Waals surface area contributed by atoms with E-state index in [9.17, 15) is 4.79 Å². The van der Waals surface area contributed by atoms with Crippen LogP contribution < -0.4 is 20.7 Å². The van der Waals surface area contributed by atoms with Gasteiger partial charge in [-0.1, -0.05) is 12.1 Å². The van der Waals surface area contributed by atoms with Gasteiger partial charge in [-0.25, -0.2) is 0 Å². The minimum atomic E-state index is -0.0137. The molecule has 0 aliphatic carbocycles. The third-order valence-corrected chi connectivity index (χ3v) is 4.00. The Morgan fingerprint density at radius 2 is 1.76 bits per heavy atom. The summed E-state index contributed by atoms with van der Waals surface area (Å²) in [6.07, 6.45) is 1.04. The van der Waals surface area contributed by atoms with Crippen molar-refractivity contribution in [2.75, 3.05) is 35.6 Å². The van der Waals surface area contributed by atoms with E-state index in [1.807, 2.05) is 42.5 Å². The second kappa shape index (κ2) is 9.57. The quantitative estimate of drug-likeness (QED) is 0.536. The predicted molar refractivity (Wildman–Crippen MR) is 104 cm³/mol. The van der Waals surface area contributed by atoms with Gasteiger partial charge in [0.1, 0.15) is 5.75 Å². The van der Waals surface area contributed by atoms with Gasteiger partial charge in [-0.15, -0.1) is 0 Å². The van der Waals surface area contributed by atoms with Gasteiger partial charge in [-0.2, -0.15) is 0 Å². The standard InChI is InChI=1S/C20H27N3O2/c1-3-23(4-2)17-13-11-16(12-14-17)22-20(24)10-7-15-25-19-9-6-5-8-18(19)21/h5-6,8-9,11-14H,3-4,7,10,15,21H2,1-2H3,(H,22,24). The maximum Gasteiger partial charge on any atom is 0.224 e. The summed E-state index contributed by atoms with van der Waals surface area (Å²) in [5.41, 5.74) is 8.40. The average Bonchev–Trinajstić information content (AvgIpc) is 2.62. The van der Waals surface area contributed by atoms with Gasteiger partial charge in [0.2, 0.25) is 5.91 Å². The zero-order valence-corrected chi connectivity index (χ0v) is 15.0. The number of nitrogen functional groups attached to an aromatic ring is 1. The van der Waals surface area contributed by atoms with E-state index in [4.69, 9.17) is 10.5 Å². The van der Waals surface area contributed by atoms with Crippen molar-refractivity contribution in [1.29, 1.82) is 0 Å². The Balaban J connectivity index is 1.74. The third kappa shape index (κ3) is 5.71. The largest absolute Gasteiger partial charge is 0.491 e. The van der Waals surface area contributed by atoms with Gasteiger partial charge in [0.15, 0.2) is 0 Å². The van der Waals surface area contributed by atoms with Gasteiger partial charge in [-0.05, 0) is 56.7 Å². The molecule has 0 unspecified atom stereocenters. The van der Waals surface area contributed by atoms with Crippen LogP contribution in [0.15, 0.2) is 48.5 Å². The first-order valence-corrected chi connectivity index (χ1v) is 8.76. The first-order valence-electron chi connectivity index (χ1n) is 8.76. The number of nitrogens with one attached hydrogen (secondary N) is 1. The second-order valence-electron chi connectivity index (χ2n) is 5.76. The summed E-state index contributed by atoms with van der Waals surface area (Å²) < 4.78 is 5.59. The topological polar surface area (TPSA) is 67.6 Å². The Labute approximate surface area is 149 Å².